The third-order valence-electron chi connectivity index (χ3n) is 5.07. The highest BCUT2D eigenvalue weighted by Crippen LogP contribution is 2.36. The van der Waals surface area contributed by atoms with Crippen molar-refractivity contribution in [3.8, 4) is 11.5 Å². The summed E-state index contributed by atoms with van der Waals surface area (Å²) in [5, 5.41) is 3.73. The second kappa shape index (κ2) is 8.09. The van der Waals surface area contributed by atoms with Gasteiger partial charge in [-0.05, 0) is 36.6 Å². The summed E-state index contributed by atoms with van der Waals surface area (Å²) in [6, 6.07) is 13.2. The first-order chi connectivity index (χ1) is 13.2. The number of carbonyl (C=O) groups excluding carboxylic acids is 1. The molecule has 1 N–H and O–H groups in total. The molecule has 27 heavy (non-hydrogen) atoms. The summed E-state index contributed by atoms with van der Waals surface area (Å²) in [6.07, 6.45) is 4.12. The number of carbonyl (C=O) groups is 1. The van der Waals surface area contributed by atoms with Crippen LogP contribution < -0.4 is 14.8 Å². The molecule has 4 rings (SSSR count). The van der Waals surface area contributed by atoms with Crippen LogP contribution in [0.3, 0.4) is 0 Å². The number of hydrogen-bond donors (Lipinski definition) is 1. The molecular weight excluding hydrogens is 364 g/mol. The molecule has 2 amide bonds. The number of benzene rings is 2. The molecule has 2 aromatic rings. The smallest absolute Gasteiger partial charge is 0.322 e. The monoisotopic (exact) mass is 386 g/mol. The Kier molecular flexibility index (Phi) is 5.39. The zero-order valence-electron chi connectivity index (χ0n) is 15.1. The number of amides is 2. The molecule has 0 spiro atoms. The molecule has 0 unspecified atom stereocenters. The molecule has 0 bridgehead atoms. The van der Waals surface area contributed by atoms with Crippen LogP contribution in [-0.2, 0) is 0 Å². The van der Waals surface area contributed by atoms with Gasteiger partial charge in [-0.3, -0.25) is 0 Å². The van der Waals surface area contributed by atoms with Gasteiger partial charge in [0.2, 0.25) is 0 Å². The summed E-state index contributed by atoms with van der Waals surface area (Å²) in [7, 11) is 0. The van der Waals surface area contributed by atoms with E-state index in [4.69, 9.17) is 21.1 Å². The van der Waals surface area contributed by atoms with Crippen molar-refractivity contribution < 1.29 is 14.3 Å². The third-order valence-corrected chi connectivity index (χ3v) is 5.42. The molecule has 0 radical (unpaired) electrons. The molecular formula is C21H23ClN2O3. The highest BCUT2D eigenvalue weighted by atomic mass is 35.5. The van der Waals surface area contributed by atoms with Gasteiger partial charge in [0.1, 0.15) is 13.2 Å². The van der Waals surface area contributed by atoms with Crippen LogP contribution >= 0.6 is 11.6 Å². The maximum absolute atomic E-state index is 13.1. The minimum absolute atomic E-state index is 0.0154. The number of nitrogens with zero attached hydrogens (tertiary/aromatic N) is 1. The topological polar surface area (TPSA) is 50.8 Å². The van der Waals surface area contributed by atoms with Gasteiger partial charge >= 0.3 is 6.03 Å². The summed E-state index contributed by atoms with van der Waals surface area (Å²) in [5.41, 5.74) is 1.71. The van der Waals surface area contributed by atoms with E-state index in [-0.39, 0.29) is 12.1 Å². The van der Waals surface area contributed by atoms with E-state index >= 15 is 0 Å². The number of ether oxygens (including phenoxy) is 2. The van der Waals surface area contributed by atoms with Crippen LogP contribution in [0.2, 0.25) is 5.02 Å². The van der Waals surface area contributed by atoms with Crippen LogP contribution in [0.5, 0.6) is 11.5 Å². The minimum atomic E-state index is -0.113. The fourth-order valence-corrected chi connectivity index (χ4v) is 4.00. The van der Waals surface area contributed by atoms with Crippen molar-refractivity contribution in [3.63, 3.8) is 0 Å². The van der Waals surface area contributed by atoms with Crippen LogP contribution in [0.25, 0.3) is 0 Å². The molecule has 2 aliphatic rings. The quantitative estimate of drug-likeness (QED) is 0.765. The van der Waals surface area contributed by atoms with Crippen LogP contribution in [-0.4, -0.2) is 30.7 Å². The molecule has 1 atom stereocenters. The van der Waals surface area contributed by atoms with Crippen molar-refractivity contribution in [2.24, 2.45) is 0 Å². The summed E-state index contributed by atoms with van der Waals surface area (Å²) in [4.78, 5) is 15.0. The van der Waals surface area contributed by atoms with E-state index in [1.807, 2.05) is 47.4 Å². The van der Waals surface area contributed by atoms with Crippen LogP contribution in [0.4, 0.5) is 10.5 Å². The van der Waals surface area contributed by atoms with Crippen molar-refractivity contribution in [3.05, 3.63) is 53.1 Å². The van der Waals surface area contributed by atoms with E-state index < -0.39 is 0 Å². The maximum atomic E-state index is 13.1. The molecule has 2 aliphatic heterocycles. The molecule has 2 aromatic carbocycles. The fourth-order valence-electron chi connectivity index (χ4n) is 3.74. The van der Waals surface area contributed by atoms with Crippen molar-refractivity contribution in [1.29, 1.82) is 0 Å². The predicted octanol–water partition coefficient (Wildman–Crippen LogP) is 5.26. The van der Waals surface area contributed by atoms with Gasteiger partial charge in [-0.1, -0.05) is 42.6 Å². The van der Waals surface area contributed by atoms with E-state index in [1.54, 1.807) is 0 Å². The number of urea groups is 1. The van der Waals surface area contributed by atoms with Gasteiger partial charge in [-0.15, -0.1) is 0 Å². The molecule has 142 valence electrons. The van der Waals surface area contributed by atoms with Gasteiger partial charge in [0, 0.05) is 23.3 Å². The molecule has 0 aliphatic carbocycles. The standard InChI is InChI=1S/C21H23ClN2O3/c22-17-7-4-3-6-16(17)18-8-2-1-5-11-24(18)21(25)23-15-9-10-19-20(14-15)27-13-12-26-19/h3-4,6-7,9-10,14,18H,1-2,5,8,11-13H2,(H,23,25)/t18-/m1/s1. The molecule has 1 fully saturated rings. The van der Waals surface area contributed by atoms with E-state index in [0.29, 0.717) is 42.0 Å². The lowest BCUT2D eigenvalue weighted by Gasteiger charge is -2.31. The Labute approximate surface area is 164 Å². The Balaban J connectivity index is 1.55. The fraction of sp³-hybridized carbons (Fsp3) is 0.381. The number of likely N-dealkylation sites (tertiary alicyclic amines) is 1. The van der Waals surface area contributed by atoms with Crippen molar-refractivity contribution >= 4 is 23.3 Å². The van der Waals surface area contributed by atoms with Crippen molar-refractivity contribution in [2.75, 3.05) is 25.1 Å². The Bertz CT molecular complexity index is 827. The van der Waals surface area contributed by atoms with Gasteiger partial charge in [0.15, 0.2) is 11.5 Å². The lowest BCUT2D eigenvalue weighted by atomic mass is 10.0. The zero-order chi connectivity index (χ0) is 18.6. The number of nitrogens with one attached hydrogen (secondary N) is 1. The van der Waals surface area contributed by atoms with Crippen molar-refractivity contribution in [2.45, 2.75) is 31.7 Å². The number of fused-ring (bicyclic) bond motifs is 1. The highest BCUT2D eigenvalue weighted by molar-refractivity contribution is 6.31. The Morgan fingerprint density at radius 1 is 1.04 bits per heavy atom. The van der Waals surface area contributed by atoms with Gasteiger partial charge < -0.3 is 19.7 Å². The molecule has 0 saturated carbocycles. The average Bonchev–Trinajstić information content (AvgIpc) is 2.94. The van der Waals surface area contributed by atoms with E-state index in [0.717, 1.165) is 31.2 Å². The summed E-state index contributed by atoms with van der Waals surface area (Å²) in [5.74, 6) is 1.38. The first kappa shape index (κ1) is 18.0. The average molecular weight is 387 g/mol. The van der Waals surface area contributed by atoms with E-state index in [2.05, 4.69) is 5.32 Å². The molecule has 6 heteroatoms. The lowest BCUT2D eigenvalue weighted by Crippen LogP contribution is -2.38. The van der Waals surface area contributed by atoms with Crippen LogP contribution in [0, 0.1) is 0 Å². The first-order valence-electron chi connectivity index (χ1n) is 9.44. The maximum Gasteiger partial charge on any atom is 0.322 e. The largest absolute Gasteiger partial charge is 0.486 e. The van der Waals surface area contributed by atoms with E-state index in [1.165, 1.54) is 0 Å². The summed E-state index contributed by atoms with van der Waals surface area (Å²) < 4.78 is 11.2. The van der Waals surface area contributed by atoms with Gasteiger partial charge in [0.25, 0.3) is 0 Å². The molecule has 2 heterocycles. The van der Waals surface area contributed by atoms with Crippen LogP contribution in [0.1, 0.15) is 37.3 Å². The van der Waals surface area contributed by atoms with Gasteiger partial charge in [-0.2, -0.15) is 0 Å². The highest BCUT2D eigenvalue weighted by Gasteiger charge is 2.28. The Hall–Kier alpha value is -2.40. The van der Waals surface area contributed by atoms with Gasteiger partial charge in [-0.25, -0.2) is 4.79 Å². The lowest BCUT2D eigenvalue weighted by molar-refractivity contribution is 0.171. The first-order valence-corrected chi connectivity index (χ1v) is 9.82. The second-order valence-electron chi connectivity index (χ2n) is 6.87. The zero-order valence-corrected chi connectivity index (χ0v) is 15.9. The Morgan fingerprint density at radius 3 is 2.70 bits per heavy atom. The van der Waals surface area contributed by atoms with E-state index in [9.17, 15) is 4.79 Å². The minimum Gasteiger partial charge on any atom is -0.486 e. The predicted molar refractivity (Wildman–Crippen MR) is 106 cm³/mol. The Morgan fingerprint density at radius 2 is 1.85 bits per heavy atom. The van der Waals surface area contributed by atoms with Crippen LogP contribution in [0.15, 0.2) is 42.5 Å². The second-order valence-corrected chi connectivity index (χ2v) is 7.28. The SMILES string of the molecule is O=C(Nc1ccc2c(c1)OCCO2)N1CCCCC[C@@H]1c1ccccc1Cl. The van der Waals surface area contributed by atoms with Gasteiger partial charge in [0.05, 0.1) is 6.04 Å². The van der Waals surface area contributed by atoms with Crippen molar-refractivity contribution in [1.82, 2.24) is 4.90 Å². The summed E-state index contributed by atoms with van der Waals surface area (Å²) in [6.45, 7) is 1.78. The molecule has 0 aromatic heterocycles. The number of hydrogen-bond acceptors (Lipinski definition) is 3. The number of anilines is 1. The molecule has 5 nitrogen and oxygen atoms in total. The molecule has 1 saturated heterocycles. The number of halogens is 1. The third kappa shape index (κ3) is 3.98. The summed E-state index contributed by atoms with van der Waals surface area (Å²) >= 11 is 6.43. The number of rotatable bonds is 2. The normalized spacial score (nSPS) is 19.3.